The van der Waals surface area contributed by atoms with Crippen LogP contribution in [0.2, 0.25) is 0 Å². The predicted molar refractivity (Wildman–Crippen MR) is 109 cm³/mol. The first-order chi connectivity index (χ1) is 13.3. The van der Waals surface area contributed by atoms with Gasteiger partial charge in [-0.1, -0.05) is 73.5 Å². The van der Waals surface area contributed by atoms with Gasteiger partial charge in [-0.2, -0.15) is 0 Å². The second-order valence-corrected chi connectivity index (χ2v) is 8.00. The van der Waals surface area contributed by atoms with Crippen LogP contribution in [0.4, 0.5) is 0 Å². The van der Waals surface area contributed by atoms with Crippen LogP contribution in [-0.4, -0.2) is 41.9 Å². The molecule has 0 atom stereocenters. The normalized spacial score (nSPS) is 18.9. The van der Waals surface area contributed by atoms with E-state index in [0.717, 1.165) is 32.6 Å². The van der Waals surface area contributed by atoms with Gasteiger partial charge in [0.15, 0.2) is 0 Å². The molecule has 0 aromatic heterocycles. The van der Waals surface area contributed by atoms with Crippen LogP contribution in [-0.2, 0) is 4.79 Å². The van der Waals surface area contributed by atoms with Crippen molar-refractivity contribution in [3.05, 3.63) is 71.8 Å². The number of hydrogen-bond donors (Lipinski definition) is 0. The van der Waals surface area contributed by atoms with Crippen molar-refractivity contribution in [2.75, 3.05) is 26.2 Å². The molecule has 0 N–H and O–H groups in total. The van der Waals surface area contributed by atoms with Gasteiger partial charge in [-0.3, -0.25) is 9.69 Å². The summed E-state index contributed by atoms with van der Waals surface area (Å²) >= 11 is 0. The molecule has 2 aliphatic rings. The second-order valence-electron chi connectivity index (χ2n) is 8.00. The fraction of sp³-hybridized carbons (Fsp3) is 0.458. The summed E-state index contributed by atoms with van der Waals surface area (Å²) in [6.45, 7) is 3.57. The third kappa shape index (κ3) is 4.41. The Hall–Kier alpha value is -2.13. The highest BCUT2D eigenvalue weighted by Gasteiger charge is 2.29. The predicted octanol–water partition coefficient (Wildman–Crippen LogP) is 4.50. The maximum absolute atomic E-state index is 12.7. The van der Waals surface area contributed by atoms with Crippen LogP contribution in [0.5, 0.6) is 0 Å². The summed E-state index contributed by atoms with van der Waals surface area (Å²) in [6.07, 6.45) is 5.87. The second kappa shape index (κ2) is 8.71. The molecule has 2 aromatic rings. The minimum absolute atomic E-state index is 0.263. The first-order valence-electron chi connectivity index (χ1n) is 10.4. The molecule has 2 fully saturated rings. The lowest BCUT2D eigenvalue weighted by molar-refractivity contribution is -0.134. The Morgan fingerprint density at radius 1 is 0.815 bits per heavy atom. The van der Waals surface area contributed by atoms with Crippen molar-refractivity contribution >= 4 is 5.91 Å². The molecule has 142 valence electrons. The van der Waals surface area contributed by atoms with Gasteiger partial charge in [0.2, 0.25) is 5.91 Å². The van der Waals surface area contributed by atoms with Crippen LogP contribution in [0.25, 0.3) is 0 Å². The van der Waals surface area contributed by atoms with Crippen molar-refractivity contribution in [2.45, 2.75) is 38.1 Å². The third-order valence-corrected chi connectivity index (χ3v) is 6.20. The fourth-order valence-corrected chi connectivity index (χ4v) is 4.70. The average Bonchev–Trinajstić information content (AvgIpc) is 3.23. The zero-order valence-electron chi connectivity index (χ0n) is 16.1. The van der Waals surface area contributed by atoms with Gasteiger partial charge >= 0.3 is 0 Å². The van der Waals surface area contributed by atoms with E-state index in [-0.39, 0.29) is 6.04 Å². The van der Waals surface area contributed by atoms with Crippen LogP contribution in [0.1, 0.15) is 49.3 Å². The van der Waals surface area contributed by atoms with E-state index in [4.69, 9.17) is 0 Å². The van der Waals surface area contributed by atoms with Gasteiger partial charge in [0.05, 0.1) is 6.04 Å². The monoisotopic (exact) mass is 362 g/mol. The number of benzene rings is 2. The molecule has 3 heteroatoms. The Labute approximate surface area is 163 Å². The third-order valence-electron chi connectivity index (χ3n) is 6.20. The number of piperazine rings is 1. The van der Waals surface area contributed by atoms with Crippen LogP contribution >= 0.6 is 0 Å². The van der Waals surface area contributed by atoms with Gasteiger partial charge in [0, 0.05) is 32.6 Å². The van der Waals surface area contributed by atoms with Crippen LogP contribution < -0.4 is 0 Å². The molecule has 3 nitrogen and oxygen atoms in total. The van der Waals surface area contributed by atoms with E-state index in [9.17, 15) is 4.79 Å². The van der Waals surface area contributed by atoms with E-state index in [0.29, 0.717) is 11.8 Å². The van der Waals surface area contributed by atoms with Gasteiger partial charge in [0.25, 0.3) is 0 Å². The first-order valence-corrected chi connectivity index (χ1v) is 10.4. The first kappa shape index (κ1) is 18.2. The molecular formula is C24H30N2O. The largest absolute Gasteiger partial charge is 0.340 e. The summed E-state index contributed by atoms with van der Waals surface area (Å²) in [5, 5.41) is 0. The topological polar surface area (TPSA) is 23.6 Å². The van der Waals surface area contributed by atoms with Crippen molar-refractivity contribution in [1.29, 1.82) is 0 Å². The van der Waals surface area contributed by atoms with Gasteiger partial charge < -0.3 is 4.90 Å². The van der Waals surface area contributed by atoms with E-state index in [1.54, 1.807) is 0 Å². The summed E-state index contributed by atoms with van der Waals surface area (Å²) in [4.78, 5) is 17.3. The summed E-state index contributed by atoms with van der Waals surface area (Å²) < 4.78 is 0. The van der Waals surface area contributed by atoms with Crippen molar-refractivity contribution in [3.63, 3.8) is 0 Å². The van der Waals surface area contributed by atoms with E-state index < -0.39 is 0 Å². The molecule has 1 aliphatic heterocycles. The smallest absolute Gasteiger partial charge is 0.222 e. The maximum atomic E-state index is 12.7. The van der Waals surface area contributed by atoms with Crippen LogP contribution in [0.15, 0.2) is 60.7 Å². The number of nitrogens with zero attached hydrogens (tertiary/aromatic N) is 2. The van der Waals surface area contributed by atoms with E-state index in [1.165, 1.54) is 36.8 Å². The fourth-order valence-electron chi connectivity index (χ4n) is 4.70. The molecule has 0 unspecified atom stereocenters. The van der Waals surface area contributed by atoms with Crippen LogP contribution in [0, 0.1) is 5.92 Å². The molecule has 2 aromatic carbocycles. The molecule has 1 amide bonds. The van der Waals surface area contributed by atoms with Crippen molar-refractivity contribution in [1.82, 2.24) is 9.80 Å². The zero-order chi connectivity index (χ0) is 18.5. The van der Waals surface area contributed by atoms with Crippen LogP contribution in [0.3, 0.4) is 0 Å². The average molecular weight is 363 g/mol. The van der Waals surface area contributed by atoms with Crippen molar-refractivity contribution in [3.8, 4) is 0 Å². The standard InChI is InChI=1S/C24H30N2O/c27-23(19-20-9-7-8-10-20)25-15-17-26(18-16-25)24(21-11-3-1-4-12-21)22-13-5-2-6-14-22/h1-6,11-14,20,24H,7-10,15-19H2. The molecule has 0 spiro atoms. The zero-order valence-corrected chi connectivity index (χ0v) is 16.1. The molecule has 0 bridgehead atoms. The molecule has 1 aliphatic carbocycles. The minimum Gasteiger partial charge on any atom is -0.340 e. The lowest BCUT2D eigenvalue weighted by Crippen LogP contribution is -2.50. The molecule has 1 saturated heterocycles. The van der Waals surface area contributed by atoms with E-state index >= 15 is 0 Å². The highest BCUT2D eigenvalue weighted by molar-refractivity contribution is 5.76. The number of carbonyl (C=O) groups excluding carboxylic acids is 1. The Kier molecular flexibility index (Phi) is 5.88. The molecular weight excluding hydrogens is 332 g/mol. The van der Waals surface area contributed by atoms with Gasteiger partial charge in [0.1, 0.15) is 0 Å². The molecule has 1 saturated carbocycles. The van der Waals surface area contributed by atoms with Gasteiger partial charge in [-0.25, -0.2) is 0 Å². The highest BCUT2D eigenvalue weighted by atomic mass is 16.2. The Balaban J connectivity index is 1.43. The molecule has 1 heterocycles. The van der Waals surface area contributed by atoms with Crippen molar-refractivity contribution in [2.24, 2.45) is 5.92 Å². The Bertz CT molecular complexity index is 677. The summed E-state index contributed by atoms with van der Waals surface area (Å²) in [5.41, 5.74) is 2.66. The SMILES string of the molecule is O=C(CC1CCCC1)N1CCN(C(c2ccccc2)c2ccccc2)CC1. The maximum Gasteiger partial charge on any atom is 0.222 e. The molecule has 4 rings (SSSR count). The van der Waals surface area contributed by atoms with E-state index in [1.807, 2.05) is 0 Å². The quantitative estimate of drug-likeness (QED) is 0.782. The number of rotatable bonds is 5. The van der Waals surface area contributed by atoms with Crippen molar-refractivity contribution < 1.29 is 4.79 Å². The minimum atomic E-state index is 0.263. The number of amides is 1. The summed E-state index contributed by atoms with van der Waals surface area (Å²) in [6, 6.07) is 21.8. The van der Waals surface area contributed by atoms with Gasteiger partial charge in [-0.15, -0.1) is 0 Å². The van der Waals surface area contributed by atoms with Gasteiger partial charge in [-0.05, 0) is 29.9 Å². The Morgan fingerprint density at radius 2 is 1.33 bits per heavy atom. The molecule has 27 heavy (non-hydrogen) atoms. The number of hydrogen-bond acceptors (Lipinski definition) is 2. The highest BCUT2D eigenvalue weighted by Crippen LogP contribution is 2.31. The molecule has 0 radical (unpaired) electrons. The summed E-state index contributed by atoms with van der Waals surface area (Å²) in [5.74, 6) is 1.01. The lowest BCUT2D eigenvalue weighted by Gasteiger charge is -2.40. The lowest BCUT2D eigenvalue weighted by atomic mass is 9.96. The number of carbonyl (C=O) groups is 1. The van der Waals surface area contributed by atoms with E-state index in [2.05, 4.69) is 70.5 Å². The summed E-state index contributed by atoms with van der Waals surface area (Å²) in [7, 11) is 0. The Morgan fingerprint density at radius 3 is 1.85 bits per heavy atom.